The highest BCUT2D eigenvalue weighted by Crippen LogP contribution is 2.45. The summed E-state index contributed by atoms with van der Waals surface area (Å²) in [6, 6.07) is 16.7. The fraction of sp³-hybridized carbons (Fsp3) is 0.154. The summed E-state index contributed by atoms with van der Waals surface area (Å²) in [4.78, 5) is 16.6. The molecule has 0 amide bonds. The molecule has 10 nitrogen and oxygen atoms in total. The van der Waals surface area contributed by atoms with E-state index in [1.54, 1.807) is 54.2 Å². The van der Waals surface area contributed by atoms with Crippen LogP contribution in [0.3, 0.4) is 0 Å². The standard InChI is InChI=1S/C19H14F2N6O.C7H8O3S/c1-27-18(22-8-23-27)15-16(9-2-4-10(20)5-3-9)24-13-7-11(21)6-12-14(13)17(15)25-26-19(12)28;8-11(9,10)6-7-4-2-1-3-5-7/h2-8,15-16,24H,1H3,(H,26,28);1-5H,6H2,(H,8,9,10)/t15-,16-;/m1./s1. The van der Waals surface area contributed by atoms with Crippen LogP contribution in [0, 0.1) is 11.6 Å². The van der Waals surface area contributed by atoms with Crippen molar-refractivity contribution in [1.82, 2.24) is 25.0 Å². The molecule has 3 N–H and O–H groups in total. The van der Waals surface area contributed by atoms with Gasteiger partial charge in [-0.3, -0.25) is 14.0 Å². The summed E-state index contributed by atoms with van der Waals surface area (Å²) in [5.41, 5.74) is 1.89. The Morgan fingerprint density at radius 2 is 1.74 bits per heavy atom. The number of hydrogen-bond donors (Lipinski definition) is 3. The molecule has 2 aromatic heterocycles. The number of aromatic amines is 1. The van der Waals surface area contributed by atoms with Crippen LogP contribution in [0.4, 0.5) is 14.5 Å². The summed E-state index contributed by atoms with van der Waals surface area (Å²) >= 11 is 0. The molecule has 39 heavy (non-hydrogen) atoms. The van der Waals surface area contributed by atoms with E-state index in [0.29, 0.717) is 28.2 Å². The molecule has 6 rings (SSSR count). The molecule has 0 radical (unpaired) electrons. The number of aryl methyl sites for hydroxylation is 1. The average Bonchev–Trinajstić information content (AvgIpc) is 3.31. The van der Waals surface area contributed by atoms with Gasteiger partial charge in [0.1, 0.15) is 29.5 Å². The number of anilines is 1. The lowest BCUT2D eigenvalue weighted by Crippen LogP contribution is -2.30. The third-order valence-corrected chi connectivity index (χ3v) is 6.96. The molecule has 0 spiro atoms. The fourth-order valence-corrected chi connectivity index (χ4v) is 5.24. The number of rotatable bonds is 4. The summed E-state index contributed by atoms with van der Waals surface area (Å²) in [6.45, 7) is 0. The molecule has 3 heterocycles. The molecule has 1 aliphatic heterocycles. The number of nitrogens with zero attached hydrogens (tertiary/aromatic N) is 4. The van der Waals surface area contributed by atoms with Gasteiger partial charge in [0.2, 0.25) is 0 Å². The Labute approximate surface area is 221 Å². The van der Waals surface area contributed by atoms with Gasteiger partial charge in [-0.15, -0.1) is 0 Å². The summed E-state index contributed by atoms with van der Waals surface area (Å²) in [5.74, 6) is -1.03. The second kappa shape index (κ2) is 10.3. The normalized spacial score (nSPS) is 16.3. The highest BCUT2D eigenvalue weighted by molar-refractivity contribution is 7.85. The lowest BCUT2D eigenvalue weighted by atomic mass is 9.83. The number of benzene rings is 3. The smallest absolute Gasteiger partial charge is 0.272 e. The molecule has 13 heteroatoms. The van der Waals surface area contributed by atoms with E-state index in [9.17, 15) is 22.0 Å². The van der Waals surface area contributed by atoms with Gasteiger partial charge in [0.15, 0.2) is 0 Å². The summed E-state index contributed by atoms with van der Waals surface area (Å²) in [5, 5.41) is 14.9. The third kappa shape index (κ3) is 5.54. The van der Waals surface area contributed by atoms with E-state index >= 15 is 0 Å². The molecule has 0 saturated heterocycles. The van der Waals surface area contributed by atoms with Crippen molar-refractivity contribution in [1.29, 1.82) is 0 Å². The second-order valence-electron chi connectivity index (χ2n) is 8.92. The van der Waals surface area contributed by atoms with Crippen molar-refractivity contribution in [3.05, 3.63) is 118 Å². The van der Waals surface area contributed by atoms with E-state index < -0.39 is 33.5 Å². The molecule has 0 bridgehead atoms. The van der Waals surface area contributed by atoms with Gasteiger partial charge in [-0.2, -0.15) is 18.6 Å². The molecule has 2 atom stereocenters. The zero-order chi connectivity index (χ0) is 27.7. The Morgan fingerprint density at radius 3 is 2.38 bits per heavy atom. The minimum Gasteiger partial charge on any atom is -0.376 e. The maximum Gasteiger partial charge on any atom is 0.272 e. The Bertz CT molecular complexity index is 1810. The Balaban J connectivity index is 0.000000237. The van der Waals surface area contributed by atoms with Crippen LogP contribution in [-0.2, 0) is 22.9 Å². The third-order valence-electron chi connectivity index (χ3n) is 6.27. The maximum absolute atomic E-state index is 14.1. The van der Waals surface area contributed by atoms with Crippen LogP contribution >= 0.6 is 0 Å². The highest BCUT2D eigenvalue weighted by atomic mass is 32.2. The van der Waals surface area contributed by atoms with Crippen molar-refractivity contribution in [2.24, 2.45) is 7.05 Å². The van der Waals surface area contributed by atoms with Crippen LogP contribution in [0.25, 0.3) is 10.8 Å². The largest absolute Gasteiger partial charge is 0.376 e. The first-order valence-corrected chi connectivity index (χ1v) is 13.3. The molecular formula is C26H22F2N6O4S. The Hall–Kier alpha value is -4.49. The predicted molar refractivity (Wildman–Crippen MR) is 140 cm³/mol. The van der Waals surface area contributed by atoms with E-state index in [2.05, 4.69) is 25.6 Å². The highest BCUT2D eigenvalue weighted by Gasteiger charge is 2.37. The molecule has 200 valence electrons. The summed E-state index contributed by atoms with van der Waals surface area (Å²) in [6.07, 6.45) is 1.43. The molecule has 0 unspecified atom stereocenters. The fourth-order valence-electron chi connectivity index (χ4n) is 4.63. The number of nitrogens with one attached hydrogen (secondary N) is 2. The lowest BCUT2D eigenvalue weighted by Gasteiger charge is -2.33. The predicted octanol–water partition coefficient (Wildman–Crippen LogP) is 3.70. The van der Waals surface area contributed by atoms with Crippen LogP contribution in [0.5, 0.6) is 0 Å². The molecule has 1 aliphatic rings. The molecule has 0 saturated carbocycles. The average molecular weight is 553 g/mol. The zero-order valence-electron chi connectivity index (χ0n) is 20.4. The van der Waals surface area contributed by atoms with Crippen LogP contribution in [0.1, 0.15) is 34.6 Å². The Morgan fingerprint density at radius 1 is 1.03 bits per heavy atom. The van der Waals surface area contributed by atoms with E-state index in [1.165, 1.54) is 30.6 Å². The molecular weight excluding hydrogens is 530 g/mol. The monoisotopic (exact) mass is 552 g/mol. The first kappa shape index (κ1) is 26.1. The van der Waals surface area contributed by atoms with Crippen molar-refractivity contribution in [3.8, 4) is 0 Å². The van der Waals surface area contributed by atoms with Crippen LogP contribution in [0.2, 0.25) is 0 Å². The van der Waals surface area contributed by atoms with Crippen molar-refractivity contribution in [2.75, 3.05) is 5.32 Å². The van der Waals surface area contributed by atoms with Gasteiger partial charge in [-0.1, -0.05) is 42.5 Å². The van der Waals surface area contributed by atoms with Crippen molar-refractivity contribution in [3.63, 3.8) is 0 Å². The zero-order valence-corrected chi connectivity index (χ0v) is 21.2. The minimum absolute atomic E-state index is 0.206. The quantitative estimate of drug-likeness (QED) is 0.287. The topological polar surface area (TPSA) is 143 Å². The van der Waals surface area contributed by atoms with Crippen molar-refractivity contribution in [2.45, 2.75) is 17.7 Å². The SMILES string of the molecule is Cn1ncnc1[C@H]1c2n[nH]c(=O)c3cc(F)cc(c23)N[C@@H]1c1ccc(F)cc1.O=S(=O)(O)Cc1ccccc1. The first-order chi connectivity index (χ1) is 18.6. The van der Waals surface area contributed by atoms with E-state index in [0.717, 1.165) is 5.56 Å². The second-order valence-corrected chi connectivity index (χ2v) is 10.4. The Kier molecular flexibility index (Phi) is 6.93. The number of H-pyrrole nitrogens is 1. The van der Waals surface area contributed by atoms with Crippen LogP contribution in [-0.4, -0.2) is 37.9 Å². The van der Waals surface area contributed by atoms with Gasteiger partial charge in [0.05, 0.1) is 23.0 Å². The van der Waals surface area contributed by atoms with Gasteiger partial charge >= 0.3 is 0 Å². The van der Waals surface area contributed by atoms with Gasteiger partial charge < -0.3 is 5.32 Å². The number of hydrogen-bond acceptors (Lipinski definition) is 7. The van der Waals surface area contributed by atoms with Gasteiger partial charge in [0.25, 0.3) is 15.7 Å². The van der Waals surface area contributed by atoms with Crippen molar-refractivity contribution >= 4 is 26.6 Å². The van der Waals surface area contributed by atoms with E-state index in [1.807, 2.05) is 0 Å². The van der Waals surface area contributed by atoms with E-state index in [-0.39, 0.29) is 17.0 Å². The molecule has 3 aromatic carbocycles. The van der Waals surface area contributed by atoms with E-state index in [4.69, 9.17) is 4.55 Å². The molecule has 0 fully saturated rings. The van der Waals surface area contributed by atoms with Crippen LogP contribution < -0.4 is 10.9 Å². The van der Waals surface area contributed by atoms with Crippen LogP contribution in [0.15, 0.2) is 77.9 Å². The summed E-state index contributed by atoms with van der Waals surface area (Å²) < 4.78 is 58.4. The van der Waals surface area contributed by atoms with Crippen molar-refractivity contribution < 1.29 is 21.8 Å². The first-order valence-electron chi connectivity index (χ1n) is 11.7. The minimum atomic E-state index is -3.88. The number of aromatic nitrogens is 5. The molecule has 0 aliphatic carbocycles. The van der Waals surface area contributed by atoms with Gasteiger partial charge in [-0.25, -0.2) is 18.9 Å². The van der Waals surface area contributed by atoms with Gasteiger partial charge in [-0.05, 0) is 35.4 Å². The van der Waals surface area contributed by atoms with Gasteiger partial charge in [0, 0.05) is 18.1 Å². The number of halogens is 2. The molecule has 5 aromatic rings. The lowest BCUT2D eigenvalue weighted by molar-refractivity contribution is 0.482. The maximum atomic E-state index is 14.1. The summed E-state index contributed by atoms with van der Waals surface area (Å²) in [7, 11) is -2.12.